The lowest BCUT2D eigenvalue weighted by atomic mass is 9.99. The number of aliphatic hydroxyl groups excluding tert-OH is 1. The van der Waals surface area contributed by atoms with Crippen molar-refractivity contribution in [3.63, 3.8) is 0 Å². The van der Waals surface area contributed by atoms with E-state index in [1.54, 1.807) is 48.5 Å². The van der Waals surface area contributed by atoms with Gasteiger partial charge >= 0.3 is 0 Å². The second-order valence-corrected chi connectivity index (χ2v) is 7.34. The number of ether oxygens (including phenoxy) is 1. The van der Waals surface area contributed by atoms with E-state index in [1.807, 2.05) is 26.0 Å². The van der Waals surface area contributed by atoms with Gasteiger partial charge in [-0.15, -0.1) is 0 Å². The van der Waals surface area contributed by atoms with Crippen LogP contribution in [0.5, 0.6) is 5.75 Å². The van der Waals surface area contributed by atoms with E-state index in [1.165, 1.54) is 11.2 Å². The largest absolute Gasteiger partial charge is 0.507 e. The predicted octanol–water partition coefficient (Wildman–Crippen LogP) is 5.00. The van der Waals surface area contributed by atoms with Crippen LogP contribution in [0.3, 0.4) is 0 Å². The van der Waals surface area contributed by atoms with Gasteiger partial charge < -0.3 is 14.3 Å². The van der Waals surface area contributed by atoms with E-state index < -0.39 is 17.7 Å². The number of benzene rings is 2. The third-order valence-electron chi connectivity index (χ3n) is 5.23. The number of nitrogens with zero attached hydrogens (tertiary/aromatic N) is 1. The number of furan rings is 1. The quantitative estimate of drug-likeness (QED) is 0.347. The summed E-state index contributed by atoms with van der Waals surface area (Å²) < 4.78 is 11.2. The van der Waals surface area contributed by atoms with Gasteiger partial charge in [0.15, 0.2) is 0 Å². The summed E-state index contributed by atoms with van der Waals surface area (Å²) in [6.45, 7) is 4.47. The minimum Gasteiger partial charge on any atom is -0.507 e. The van der Waals surface area contributed by atoms with Crippen LogP contribution in [0.4, 0.5) is 5.69 Å². The Hall–Kier alpha value is -3.80. The molecule has 1 aliphatic heterocycles. The van der Waals surface area contributed by atoms with Crippen LogP contribution in [-0.2, 0) is 9.59 Å². The number of hydrogen-bond acceptors (Lipinski definition) is 5. The van der Waals surface area contributed by atoms with E-state index in [0.29, 0.717) is 29.4 Å². The molecule has 6 heteroatoms. The van der Waals surface area contributed by atoms with Crippen molar-refractivity contribution in [2.75, 3.05) is 11.5 Å². The van der Waals surface area contributed by atoms with Gasteiger partial charge in [-0.25, -0.2) is 0 Å². The molecule has 2 aromatic carbocycles. The Bertz CT molecular complexity index is 1130. The van der Waals surface area contributed by atoms with Gasteiger partial charge in [-0.1, -0.05) is 25.1 Å². The molecule has 0 saturated carbocycles. The van der Waals surface area contributed by atoms with Crippen molar-refractivity contribution in [3.05, 3.63) is 89.4 Å². The number of aryl methyl sites for hydroxylation is 1. The highest BCUT2D eigenvalue weighted by atomic mass is 16.5. The normalized spacial score (nSPS) is 17.9. The first-order valence-corrected chi connectivity index (χ1v) is 10.2. The molecule has 3 aromatic rings. The zero-order valence-corrected chi connectivity index (χ0v) is 17.4. The van der Waals surface area contributed by atoms with Gasteiger partial charge in [0.05, 0.1) is 18.4 Å². The van der Waals surface area contributed by atoms with Crippen LogP contribution >= 0.6 is 0 Å². The standard InChI is InChI=1S/C25H23NO5/c1-3-14-30-18-12-10-17(11-13-18)23(27)21-22(20-9-6-15-31-20)26(25(29)24(21)28)19-8-5-4-7-16(19)2/h4-13,15,22,27H,3,14H2,1-2H3/b23-21-. The van der Waals surface area contributed by atoms with Crippen molar-refractivity contribution in [2.24, 2.45) is 0 Å². The molecule has 1 fully saturated rings. The van der Waals surface area contributed by atoms with Gasteiger partial charge in [-0.2, -0.15) is 0 Å². The van der Waals surface area contributed by atoms with E-state index in [-0.39, 0.29) is 11.3 Å². The highest BCUT2D eigenvalue weighted by molar-refractivity contribution is 6.51. The Morgan fingerprint density at radius 2 is 1.81 bits per heavy atom. The molecule has 1 atom stereocenters. The minimum atomic E-state index is -0.868. The topological polar surface area (TPSA) is 80.0 Å². The number of ketones is 1. The number of aliphatic hydroxyl groups is 1. The molecule has 0 aliphatic carbocycles. The second kappa shape index (κ2) is 8.52. The number of para-hydroxylation sites is 1. The van der Waals surface area contributed by atoms with E-state index in [9.17, 15) is 14.7 Å². The molecule has 2 heterocycles. The van der Waals surface area contributed by atoms with Crippen LogP contribution in [0.2, 0.25) is 0 Å². The molecule has 0 spiro atoms. The van der Waals surface area contributed by atoms with Gasteiger partial charge in [0.2, 0.25) is 0 Å². The smallest absolute Gasteiger partial charge is 0.300 e. The molecule has 0 bridgehead atoms. The molecular formula is C25H23NO5. The van der Waals surface area contributed by atoms with Gasteiger partial charge in [0, 0.05) is 11.3 Å². The number of amides is 1. The van der Waals surface area contributed by atoms with Crippen LogP contribution in [0.1, 0.15) is 36.3 Å². The number of rotatable bonds is 6. The molecular weight excluding hydrogens is 394 g/mol. The van der Waals surface area contributed by atoms with Crippen LogP contribution < -0.4 is 9.64 Å². The zero-order chi connectivity index (χ0) is 22.0. The Morgan fingerprint density at radius 3 is 2.45 bits per heavy atom. The van der Waals surface area contributed by atoms with Crippen LogP contribution in [0, 0.1) is 6.92 Å². The maximum Gasteiger partial charge on any atom is 0.300 e. The van der Waals surface area contributed by atoms with Crippen molar-refractivity contribution in [1.29, 1.82) is 0 Å². The summed E-state index contributed by atoms with van der Waals surface area (Å²) in [6, 6.07) is 16.6. The van der Waals surface area contributed by atoms with Crippen molar-refractivity contribution >= 4 is 23.1 Å². The molecule has 0 radical (unpaired) electrons. The molecule has 31 heavy (non-hydrogen) atoms. The number of carbonyl (C=O) groups is 2. The highest BCUT2D eigenvalue weighted by Gasteiger charge is 2.48. The molecule has 1 saturated heterocycles. The summed E-state index contributed by atoms with van der Waals surface area (Å²) in [5.74, 6) is -0.653. The summed E-state index contributed by atoms with van der Waals surface area (Å²) >= 11 is 0. The predicted molar refractivity (Wildman–Crippen MR) is 117 cm³/mol. The fourth-order valence-electron chi connectivity index (χ4n) is 3.72. The van der Waals surface area contributed by atoms with Gasteiger partial charge in [0.1, 0.15) is 23.3 Å². The average Bonchev–Trinajstić information content (AvgIpc) is 3.40. The van der Waals surface area contributed by atoms with E-state index in [0.717, 1.165) is 12.0 Å². The third kappa shape index (κ3) is 3.72. The van der Waals surface area contributed by atoms with Crippen molar-refractivity contribution in [2.45, 2.75) is 26.3 Å². The summed E-state index contributed by atoms with van der Waals surface area (Å²) in [5, 5.41) is 11.1. The fourth-order valence-corrected chi connectivity index (χ4v) is 3.72. The fraction of sp³-hybridized carbons (Fsp3) is 0.200. The van der Waals surface area contributed by atoms with Gasteiger partial charge in [-0.05, 0) is 61.4 Å². The monoisotopic (exact) mass is 417 g/mol. The summed E-state index contributed by atoms with van der Waals surface area (Å²) in [5.41, 5.74) is 1.83. The summed E-state index contributed by atoms with van der Waals surface area (Å²) in [4.78, 5) is 27.5. The third-order valence-corrected chi connectivity index (χ3v) is 5.23. The first-order chi connectivity index (χ1) is 15.0. The van der Waals surface area contributed by atoms with E-state index in [4.69, 9.17) is 9.15 Å². The molecule has 1 aromatic heterocycles. The van der Waals surface area contributed by atoms with Gasteiger partial charge in [0.25, 0.3) is 11.7 Å². The van der Waals surface area contributed by atoms with Crippen LogP contribution in [-0.4, -0.2) is 23.4 Å². The lowest BCUT2D eigenvalue weighted by Gasteiger charge is -2.24. The molecule has 1 unspecified atom stereocenters. The van der Waals surface area contributed by atoms with Crippen LogP contribution in [0.15, 0.2) is 76.9 Å². The SMILES string of the molecule is CCCOc1ccc(/C(O)=C2/C(=O)C(=O)N(c3ccccc3C)C2c2ccco2)cc1. The number of Topliss-reactive ketones (excluding diaryl/α,β-unsaturated/α-hetero) is 1. The van der Waals surface area contributed by atoms with Crippen molar-refractivity contribution in [1.82, 2.24) is 0 Å². The second-order valence-electron chi connectivity index (χ2n) is 7.34. The van der Waals surface area contributed by atoms with Crippen molar-refractivity contribution in [3.8, 4) is 5.75 Å². The maximum atomic E-state index is 13.1. The molecule has 158 valence electrons. The van der Waals surface area contributed by atoms with E-state index >= 15 is 0 Å². The first kappa shape index (κ1) is 20.5. The lowest BCUT2D eigenvalue weighted by Crippen LogP contribution is -2.29. The first-order valence-electron chi connectivity index (χ1n) is 10.2. The number of hydrogen-bond donors (Lipinski definition) is 1. The Kier molecular flexibility index (Phi) is 5.62. The maximum absolute atomic E-state index is 13.1. The molecule has 4 rings (SSSR count). The molecule has 1 amide bonds. The number of carbonyl (C=O) groups excluding carboxylic acids is 2. The van der Waals surface area contributed by atoms with Crippen LogP contribution in [0.25, 0.3) is 5.76 Å². The summed E-state index contributed by atoms with van der Waals surface area (Å²) in [7, 11) is 0. The average molecular weight is 417 g/mol. The Balaban J connectivity index is 1.83. The highest BCUT2D eigenvalue weighted by Crippen LogP contribution is 2.43. The Labute approximate surface area is 180 Å². The van der Waals surface area contributed by atoms with Gasteiger partial charge in [-0.3, -0.25) is 14.5 Å². The Morgan fingerprint density at radius 1 is 1.06 bits per heavy atom. The number of anilines is 1. The van der Waals surface area contributed by atoms with E-state index in [2.05, 4.69) is 0 Å². The summed E-state index contributed by atoms with van der Waals surface area (Å²) in [6.07, 6.45) is 2.36. The molecule has 1 N–H and O–H groups in total. The van der Waals surface area contributed by atoms with Crippen molar-refractivity contribution < 1.29 is 23.8 Å². The lowest BCUT2D eigenvalue weighted by molar-refractivity contribution is -0.132. The zero-order valence-electron chi connectivity index (χ0n) is 17.4. The minimum absolute atomic E-state index is 0.00886. The molecule has 1 aliphatic rings. The molecule has 6 nitrogen and oxygen atoms in total.